The molecule has 0 aliphatic carbocycles. The summed E-state index contributed by atoms with van der Waals surface area (Å²) in [6, 6.07) is 25.2. The predicted octanol–water partition coefficient (Wildman–Crippen LogP) is 9.99. The van der Waals surface area contributed by atoms with Gasteiger partial charge in [-0.15, -0.1) is 0 Å². The average Bonchev–Trinajstić information content (AvgIpc) is 3.47. The minimum atomic E-state index is -5.20. The number of aromatic nitrogens is 2. The third-order valence-corrected chi connectivity index (χ3v) is 11.8. The van der Waals surface area contributed by atoms with Crippen molar-refractivity contribution in [2.24, 2.45) is 4.99 Å². The lowest BCUT2D eigenvalue weighted by atomic mass is 9.98. The van der Waals surface area contributed by atoms with Crippen LogP contribution in [0.15, 0.2) is 108 Å². The Kier molecular flexibility index (Phi) is 13.2. The number of nitrogens with zero attached hydrogens (tertiary/aromatic N) is 5. The summed E-state index contributed by atoms with van der Waals surface area (Å²) in [6.07, 6.45) is -2.07. The summed E-state index contributed by atoms with van der Waals surface area (Å²) in [7, 11) is 4.70. The summed E-state index contributed by atoms with van der Waals surface area (Å²) in [4.78, 5) is 17.3. The number of benzene rings is 4. The summed E-state index contributed by atoms with van der Waals surface area (Å²) in [5.74, 6) is -0.881. The minimum absolute atomic E-state index is 0.00439. The molecule has 342 valence electrons. The number of pyridine rings is 2. The topological polar surface area (TPSA) is 106 Å². The smallest absolute Gasteiger partial charge is 0.418 e. The van der Waals surface area contributed by atoms with E-state index in [1.165, 1.54) is 13.3 Å². The standard InChI is InChI=1S/C48H42Cl2F5N7O4/c1-26-38(48(53,54)55)42(60-45(40(26)51)57-21-28-8-14-31(63-3)15-9-28)36-39(50)43-37-44(41(36)52)66-35(49)24-62(47(37)59-25-58-43)27(2)34-7-6-20-56-46(34)61(22-29-10-16-32(64-4)17-11-29)23-30-12-18-33(65-5)19-13-30/h6-20,24,27,59H,21-23,25H2,1-5H3,(H,57,60). The van der Waals surface area contributed by atoms with Gasteiger partial charge in [0, 0.05) is 37.0 Å². The molecular formula is C48H42Cl2F5N7O4. The highest BCUT2D eigenvalue weighted by atomic mass is 35.5. The van der Waals surface area contributed by atoms with Crippen molar-refractivity contribution in [3.63, 3.8) is 0 Å². The van der Waals surface area contributed by atoms with Gasteiger partial charge in [-0.05, 0) is 84.6 Å². The summed E-state index contributed by atoms with van der Waals surface area (Å²) in [6.45, 7) is 3.54. The molecule has 1 unspecified atom stereocenters. The number of rotatable bonds is 14. The van der Waals surface area contributed by atoms with E-state index in [2.05, 4.69) is 25.5 Å². The highest BCUT2D eigenvalue weighted by Gasteiger charge is 2.41. The molecule has 0 amide bonds. The Labute approximate surface area is 386 Å². The van der Waals surface area contributed by atoms with Crippen molar-refractivity contribution in [2.75, 3.05) is 38.2 Å². The van der Waals surface area contributed by atoms with E-state index in [1.54, 1.807) is 55.6 Å². The molecule has 0 spiro atoms. The van der Waals surface area contributed by atoms with Gasteiger partial charge in [-0.25, -0.2) is 18.7 Å². The number of nitrogens with one attached hydrogen (secondary N) is 2. The maximum Gasteiger partial charge on any atom is 0.418 e. The van der Waals surface area contributed by atoms with Crippen molar-refractivity contribution in [3.8, 4) is 34.3 Å². The lowest BCUT2D eigenvalue weighted by Crippen LogP contribution is -2.45. The largest absolute Gasteiger partial charge is 0.497 e. The Morgan fingerprint density at radius 2 is 1.42 bits per heavy atom. The van der Waals surface area contributed by atoms with Gasteiger partial charge in [0.15, 0.2) is 23.2 Å². The number of ether oxygens (including phenoxy) is 4. The van der Waals surface area contributed by atoms with Gasteiger partial charge in [0.05, 0.1) is 66.0 Å². The van der Waals surface area contributed by atoms with Crippen molar-refractivity contribution in [2.45, 2.75) is 45.7 Å². The van der Waals surface area contributed by atoms with Gasteiger partial charge >= 0.3 is 6.18 Å². The maximum atomic E-state index is 17.4. The van der Waals surface area contributed by atoms with Gasteiger partial charge in [0.1, 0.15) is 35.6 Å². The molecule has 2 N–H and O–H groups in total. The molecule has 0 radical (unpaired) electrons. The van der Waals surface area contributed by atoms with Crippen LogP contribution in [0.1, 0.15) is 46.3 Å². The van der Waals surface area contributed by atoms with E-state index >= 15 is 8.78 Å². The molecule has 2 aliphatic heterocycles. The molecule has 0 fully saturated rings. The van der Waals surface area contributed by atoms with Crippen LogP contribution < -0.4 is 45.1 Å². The number of anilines is 2. The molecule has 2 aliphatic rings. The minimum Gasteiger partial charge on any atom is -0.497 e. The number of methoxy groups -OCH3 is 3. The highest BCUT2D eigenvalue weighted by Crippen LogP contribution is 2.45. The van der Waals surface area contributed by atoms with E-state index in [-0.39, 0.29) is 34.8 Å². The molecule has 0 saturated carbocycles. The molecule has 18 heteroatoms. The zero-order valence-corrected chi connectivity index (χ0v) is 37.7. The van der Waals surface area contributed by atoms with Crippen molar-refractivity contribution in [3.05, 3.63) is 163 Å². The van der Waals surface area contributed by atoms with E-state index < -0.39 is 62.8 Å². The molecular weight excluding hydrogens is 904 g/mol. The molecule has 6 aromatic rings. The zero-order chi connectivity index (χ0) is 46.9. The first-order valence-corrected chi connectivity index (χ1v) is 21.2. The van der Waals surface area contributed by atoms with Gasteiger partial charge in [-0.1, -0.05) is 54.1 Å². The van der Waals surface area contributed by atoms with Crippen LogP contribution in [0.25, 0.3) is 17.1 Å². The molecule has 0 bridgehead atoms. The molecule has 1 atom stereocenters. The summed E-state index contributed by atoms with van der Waals surface area (Å²) in [5.41, 5.74) is -0.807. The fourth-order valence-electron chi connectivity index (χ4n) is 7.95. The first-order chi connectivity index (χ1) is 31.7. The predicted molar refractivity (Wildman–Crippen MR) is 242 cm³/mol. The van der Waals surface area contributed by atoms with Crippen LogP contribution in [0.2, 0.25) is 5.02 Å². The average molecular weight is 947 g/mol. The molecule has 0 saturated heterocycles. The first kappa shape index (κ1) is 45.8. The highest BCUT2D eigenvalue weighted by molar-refractivity contribution is 6.33. The van der Waals surface area contributed by atoms with Crippen LogP contribution in [0.3, 0.4) is 0 Å². The molecule has 8 rings (SSSR count). The van der Waals surface area contributed by atoms with Crippen LogP contribution in [0, 0.1) is 18.6 Å². The number of hydrogen-bond donors (Lipinski definition) is 2. The quantitative estimate of drug-likeness (QED) is 0.103. The summed E-state index contributed by atoms with van der Waals surface area (Å²) >= 11 is 13.7. The second kappa shape index (κ2) is 19.0. The number of alkyl halides is 3. The molecule has 11 nitrogen and oxygen atoms in total. The van der Waals surface area contributed by atoms with Gasteiger partial charge < -0.3 is 39.4 Å². The molecule has 4 aromatic carbocycles. The summed E-state index contributed by atoms with van der Waals surface area (Å²) < 4.78 is 100. The van der Waals surface area contributed by atoms with E-state index in [9.17, 15) is 13.2 Å². The van der Waals surface area contributed by atoms with E-state index in [0.29, 0.717) is 41.7 Å². The SMILES string of the molecule is COc1ccc(CNc2nc(-c3c(F)c4c5c(c3Cl)=NCNC=5N(C(C)c3cccnc3N(Cc3ccc(OC)cc3)Cc3ccc(OC)cc3)C=C(Cl)O4)c(C(F)(F)F)c(C)c2F)cc1. The maximum absolute atomic E-state index is 17.4. The third-order valence-electron chi connectivity index (χ3n) is 11.3. The number of hydrogen-bond acceptors (Lipinski definition) is 11. The Bertz CT molecular complexity index is 2890. The summed E-state index contributed by atoms with van der Waals surface area (Å²) in [5, 5.41) is 5.02. The van der Waals surface area contributed by atoms with Crippen molar-refractivity contribution >= 4 is 40.7 Å². The zero-order valence-electron chi connectivity index (χ0n) is 36.2. The molecule has 2 aromatic heterocycles. The number of halogens is 7. The van der Waals surface area contributed by atoms with Crippen molar-refractivity contribution in [1.29, 1.82) is 0 Å². The fraction of sp³-hybridized carbons (Fsp3) is 0.229. The Hall–Kier alpha value is -6.78. The van der Waals surface area contributed by atoms with Gasteiger partial charge in [-0.3, -0.25) is 4.99 Å². The van der Waals surface area contributed by atoms with Crippen LogP contribution in [0.5, 0.6) is 23.0 Å². The van der Waals surface area contributed by atoms with Gasteiger partial charge in [0.2, 0.25) is 5.22 Å². The van der Waals surface area contributed by atoms with E-state index in [1.807, 2.05) is 61.5 Å². The van der Waals surface area contributed by atoms with Crippen LogP contribution in [-0.2, 0) is 25.8 Å². The van der Waals surface area contributed by atoms with E-state index in [4.69, 9.17) is 47.1 Å². The molecule has 66 heavy (non-hydrogen) atoms. The second-order valence-electron chi connectivity index (χ2n) is 15.3. The lowest BCUT2D eigenvalue weighted by Gasteiger charge is -2.34. The van der Waals surface area contributed by atoms with Gasteiger partial charge in [-0.2, -0.15) is 13.2 Å². The van der Waals surface area contributed by atoms with Crippen LogP contribution >= 0.6 is 23.2 Å². The fourth-order valence-corrected chi connectivity index (χ4v) is 8.46. The Morgan fingerprint density at radius 1 is 0.848 bits per heavy atom. The Morgan fingerprint density at radius 3 is 1.98 bits per heavy atom. The van der Waals surface area contributed by atoms with Crippen LogP contribution in [-0.4, -0.2) is 42.9 Å². The lowest BCUT2D eigenvalue weighted by molar-refractivity contribution is -0.137. The van der Waals surface area contributed by atoms with E-state index in [0.717, 1.165) is 23.6 Å². The third kappa shape index (κ3) is 9.07. The van der Waals surface area contributed by atoms with Crippen molar-refractivity contribution in [1.82, 2.24) is 20.2 Å². The van der Waals surface area contributed by atoms with Crippen molar-refractivity contribution < 1.29 is 40.9 Å². The monoisotopic (exact) mass is 945 g/mol. The first-order valence-electron chi connectivity index (χ1n) is 20.5. The molecule has 4 heterocycles. The Balaban J connectivity index is 1.24. The normalized spacial score (nSPS) is 13.6. The van der Waals surface area contributed by atoms with Crippen LogP contribution in [0.4, 0.5) is 33.6 Å². The second-order valence-corrected chi connectivity index (χ2v) is 16.1. The van der Waals surface area contributed by atoms with Gasteiger partial charge in [0.25, 0.3) is 0 Å².